The summed E-state index contributed by atoms with van der Waals surface area (Å²) in [5.41, 5.74) is 3.71. The van der Waals surface area contributed by atoms with Gasteiger partial charge in [-0.05, 0) is 54.4 Å². The van der Waals surface area contributed by atoms with Gasteiger partial charge >= 0.3 is 5.97 Å². The van der Waals surface area contributed by atoms with E-state index in [9.17, 15) is 19.5 Å². The molecule has 42 heavy (non-hydrogen) atoms. The van der Waals surface area contributed by atoms with E-state index in [1.807, 2.05) is 24.3 Å². The molecule has 0 radical (unpaired) electrons. The van der Waals surface area contributed by atoms with Gasteiger partial charge in [0.25, 0.3) is 11.9 Å². The van der Waals surface area contributed by atoms with E-state index >= 15 is 0 Å². The second kappa shape index (κ2) is 12.3. The SMILES string of the molecule is COc1ccccc1Nc1nc2ccc(CC(=O)Nc3ccc([C@@H](CC(=O)O)NC(=O)c4cc(C)on4)cc3)cc2o1. The van der Waals surface area contributed by atoms with Crippen molar-refractivity contribution in [1.29, 1.82) is 0 Å². The number of fused-ring (bicyclic) bond motifs is 1. The molecule has 2 heterocycles. The number of methoxy groups -OCH3 is 1. The lowest BCUT2D eigenvalue weighted by molar-refractivity contribution is -0.137. The van der Waals surface area contributed by atoms with E-state index < -0.39 is 17.9 Å². The Kier molecular flexibility index (Phi) is 8.14. The van der Waals surface area contributed by atoms with Crippen LogP contribution in [0, 0.1) is 6.92 Å². The van der Waals surface area contributed by atoms with Crippen LogP contribution in [0.4, 0.5) is 17.4 Å². The maximum atomic E-state index is 12.8. The first-order chi connectivity index (χ1) is 20.3. The quantitative estimate of drug-likeness (QED) is 0.170. The molecule has 0 saturated carbocycles. The highest BCUT2D eigenvalue weighted by Gasteiger charge is 2.21. The molecule has 0 saturated heterocycles. The first-order valence-electron chi connectivity index (χ1n) is 12.9. The zero-order chi connectivity index (χ0) is 29.6. The average molecular weight is 570 g/mol. The number of oxazole rings is 1. The van der Waals surface area contributed by atoms with Crippen molar-refractivity contribution in [2.45, 2.75) is 25.8 Å². The number of hydrogen-bond acceptors (Lipinski definition) is 9. The molecule has 2 amide bonds. The van der Waals surface area contributed by atoms with Gasteiger partial charge in [-0.15, -0.1) is 0 Å². The Bertz CT molecular complexity index is 1740. The molecule has 0 aliphatic rings. The molecule has 3 aromatic carbocycles. The van der Waals surface area contributed by atoms with Crippen molar-refractivity contribution in [3.63, 3.8) is 0 Å². The van der Waals surface area contributed by atoms with Crippen molar-refractivity contribution in [1.82, 2.24) is 15.5 Å². The summed E-state index contributed by atoms with van der Waals surface area (Å²) in [4.78, 5) is 41.1. The highest BCUT2D eigenvalue weighted by Crippen LogP contribution is 2.29. The molecule has 1 atom stereocenters. The van der Waals surface area contributed by atoms with E-state index in [4.69, 9.17) is 13.7 Å². The molecule has 0 fully saturated rings. The summed E-state index contributed by atoms with van der Waals surface area (Å²) in [7, 11) is 1.58. The number of anilines is 3. The maximum absolute atomic E-state index is 12.8. The first kappa shape index (κ1) is 27.9. The largest absolute Gasteiger partial charge is 0.495 e. The second-order valence-corrected chi connectivity index (χ2v) is 9.44. The van der Waals surface area contributed by atoms with Gasteiger partial charge in [0.05, 0.1) is 31.7 Å². The Labute approximate surface area is 239 Å². The Morgan fingerprint density at radius 2 is 1.81 bits per heavy atom. The minimum absolute atomic E-state index is 0.0548. The monoisotopic (exact) mass is 569 g/mol. The molecule has 214 valence electrons. The van der Waals surface area contributed by atoms with Gasteiger partial charge in [-0.25, -0.2) is 0 Å². The number of aryl methyl sites for hydroxylation is 1. The van der Waals surface area contributed by atoms with Gasteiger partial charge in [0.2, 0.25) is 5.91 Å². The van der Waals surface area contributed by atoms with E-state index in [0.29, 0.717) is 45.6 Å². The molecule has 2 aromatic heterocycles. The van der Waals surface area contributed by atoms with E-state index in [2.05, 4.69) is 26.1 Å². The highest BCUT2D eigenvalue weighted by atomic mass is 16.5. The van der Waals surface area contributed by atoms with E-state index in [0.717, 1.165) is 5.56 Å². The third-order valence-corrected chi connectivity index (χ3v) is 6.31. The Balaban J connectivity index is 1.22. The summed E-state index contributed by atoms with van der Waals surface area (Å²) >= 11 is 0. The number of para-hydroxylation sites is 2. The third-order valence-electron chi connectivity index (χ3n) is 6.31. The molecule has 0 aliphatic carbocycles. The number of rotatable bonds is 11. The topological polar surface area (TPSA) is 169 Å². The number of aromatic nitrogens is 2. The van der Waals surface area contributed by atoms with Crippen molar-refractivity contribution in [2.75, 3.05) is 17.7 Å². The number of nitrogens with one attached hydrogen (secondary N) is 3. The van der Waals surface area contributed by atoms with E-state index in [1.54, 1.807) is 56.5 Å². The zero-order valence-electron chi connectivity index (χ0n) is 22.7. The van der Waals surface area contributed by atoms with Gasteiger partial charge in [-0.2, -0.15) is 4.98 Å². The molecule has 0 unspecified atom stereocenters. The zero-order valence-corrected chi connectivity index (χ0v) is 22.7. The number of carbonyl (C=O) groups excluding carboxylic acids is 2. The van der Waals surface area contributed by atoms with E-state index in [-0.39, 0.29) is 24.4 Å². The van der Waals surface area contributed by atoms with Crippen LogP contribution in [0.15, 0.2) is 81.7 Å². The summed E-state index contributed by atoms with van der Waals surface area (Å²) in [6.07, 6.45) is -0.253. The number of aliphatic carboxylic acids is 1. The van der Waals surface area contributed by atoms with Crippen LogP contribution in [-0.2, 0) is 16.0 Å². The summed E-state index contributed by atoms with van der Waals surface area (Å²) in [6.45, 7) is 1.65. The van der Waals surface area contributed by atoms with Gasteiger partial charge in [-0.3, -0.25) is 14.4 Å². The molecule has 12 heteroatoms. The van der Waals surface area contributed by atoms with Gasteiger partial charge < -0.3 is 34.7 Å². The Hall–Kier alpha value is -5.65. The van der Waals surface area contributed by atoms with Crippen LogP contribution in [0.5, 0.6) is 5.75 Å². The number of carboxylic acid groups (broad SMARTS) is 1. The molecule has 0 bridgehead atoms. The van der Waals surface area contributed by atoms with Crippen LogP contribution in [0.2, 0.25) is 0 Å². The predicted molar refractivity (Wildman–Crippen MR) is 153 cm³/mol. The maximum Gasteiger partial charge on any atom is 0.305 e. The Morgan fingerprint density at radius 3 is 2.52 bits per heavy atom. The third kappa shape index (κ3) is 6.73. The molecular weight excluding hydrogens is 542 g/mol. The van der Waals surface area contributed by atoms with Crippen molar-refractivity contribution < 1.29 is 33.2 Å². The Morgan fingerprint density at radius 1 is 1.02 bits per heavy atom. The molecule has 4 N–H and O–H groups in total. The molecule has 0 spiro atoms. The van der Waals surface area contributed by atoms with Crippen molar-refractivity contribution >= 4 is 46.3 Å². The standard InChI is InChI=1S/C30H27N5O7/c1-17-13-24(35-42-17)29(39)32-23(16-28(37)38)19-8-10-20(11-9-19)31-27(36)15-18-7-12-22-26(14-18)41-30(34-22)33-21-5-3-4-6-25(21)40-2/h3-14,23H,15-16H2,1-2H3,(H,31,36)(H,32,39)(H,33,34)(H,37,38)/t23-/m1/s1. The number of nitrogens with zero attached hydrogens (tertiary/aromatic N) is 2. The van der Waals surface area contributed by atoms with Gasteiger partial charge in [0, 0.05) is 11.8 Å². The summed E-state index contributed by atoms with van der Waals surface area (Å²) in [5, 5.41) is 21.6. The van der Waals surface area contributed by atoms with Crippen LogP contribution >= 0.6 is 0 Å². The number of carboxylic acids is 1. The molecule has 0 aliphatic heterocycles. The number of carbonyl (C=O) groups is 3. The minimum atomic E-state index is -1.08. The van der Waals surface area contributed by atoms with E-state index in [1.165, 1.54) is 6.07 Å². The fraction of sp³-hybridized carbons (Fsp3) is 0.167. The average Bonchev–Trinajstić information content (AvgIpc) is 3.58. The van der Waals surface area contributed by atoms with Crippen LogP contribution in [0.1, 0.15) is 39.8 Å². The fourth-order valence-corrected chi connectivity index (χ4v) is 4.32. The molecular formula is C30H27N5O7. The predicted octanol–water partition coefficient (Wildman–Crippen LogP) is 5.00. The lowest BCUT2D eigenvalue weighted by Gasteiger charge is -2.17. The lowest BCUT2D eigenvalue weighted by Crippen LogP contribution is -2.30. The van der Waals surface area contributed by atoms with Gasteiger partial charge in [0.15, 0.2) is 11.3 Å². The van der Waals surface area contributed by atoms with Crippen LogP contribution in [-0.4, -0.2) is 40.1 Å². The fourth-order valence-electron chi connectivity index (χ4n) is 4.32. The van der Waals surface area contributed by atoms with Crippen LogP contribution < -0.4 is 20.7 Å². The van der Waals surface area contributed by atoms with Crippen molar-refractivity contribution in [2.24, 2.45) is 0 Å². The van der Waals surface area contributed by atoms with Crippen LogP contribution in [0.25, 0.3) is 11.1 Å². The summed E-state index contributed by atoms with van der Waals surface area (Å²) in [5.74, 6) is -0.788. The second-order valence-electron chi connectivity index (χ2n) is 9.44. The summed E-state index contributed by atoms with van der Waals surface area (Å²) in [6, 6.07) is 20.3. The first-order valence-corrected chi connectivity index (χ1v) is 12.9. The van der Waals surface area contributed by atoms with Crippen molar-refractivity contribution in [3.8, 4) is 5.75 Å². The van der Waals surface area contributed by atoms with Gasteiger partial charge in [-0.1, -0.05) is 35.5 Å². The normalized spacial score (nSPS) is 11.6. The number of hydrogen-bond donors (Lipinski definition) is 4. The molecule has 5 rings (SSSR count). The minimum Gasteiger partial charge on any atom is -0.495 e. The number of ether oxygens (including phenoxy) is 1. The lowest BCUT2D eigenvalue weighted by atomic mass is 10.0. The van der Waals surface area contributed by atoms with Gasteiger partial charge in [0.1, 0.15) is 17.0 Å². The highest BCUT2D eigenvalue weighted by molar-refractivity contribution is 5.93. The smallest absolute Gasteiger partial charge is 0.305 e. The molecule has 12 nitrogen and oxygen atoms in total. The number of benzene rings is 3. The summed E-state index contributed by atoms with van der Waals surface area (Å²) < 4.78 is 16.1. The number of amides is 2. The van der Waals surface area contributed by atoms with Crippen molar-refractivity contribution in [3.05, 3.63) is 95.4 Å². The van der Waals surface area contributed by atoms with Crippen LogP contribution in [0.3, 0.4) is 0 Å². The molecule has 5 aromatic rings.